The van der Waals surface area contributed by atoms with E-state index < -0.39 is 27.7 Å². The lowest BCUT2D eigenvalue weighted by Gasteiger charge is -2.23. The fourth-order valence-electron chi connectivity index (χ4n) is 3.72. The van der Waals surface area contributed by atoms with Gasteiger partial charge in [-0.1, -0.05) is 35.3 Å². The maximum Gasteiger partial charge on any atom is 0.418 e. The number of sulfonamides is 1. The first-order valence-electron chi connectivity index (χ1n) is 10.0. The number of halogens is 5. The summed E-state index contributed by atoms with van der Waals surface area (Å²) in [6, 6.07) is 7.63. The molecule has 1 heterocycles. The van der Waals surface area contributed by atoms with Crippen LogP contribution in [0.5, 0.6) is 0 Å². The van der Waals surface area contributed by atoms with E-state index in [-0.39, 0.29) is 41.8 Å². The van der Waals surface area contributed by atoms with E-state index in [4.69, 9.17) is 23.2 Å². The fourth-order valence-corrected chi connectivity index (χ4v) is 6.33. The van der Waals surface area contributed by atoms with E-state index in [0.29, 0.717) is 23.6 Å². The number of benzene rings is 2. The Morgan fingerprint density at radius 3 is 2.45 bits per heavy atom. The molecule has 1 fully saturated rings. The molecular weight excluding hydrogens is 502 g/mol. The predicted molar refractivity (Wildman–Crippen MR) is 121 cm³/mol. The molecule has 12 heteroatoms. The molecule has 0 aliphatic carbocycles. The average Bonchev–Trinajstić information content (AvgIpc) is 2.92. The van der Waals surface area contributed by atoms with Gasteiger partial charge in [0.25, 0.3) is 0 Å². The van der Waals surface area contributed by atoms with Gasteiger partial charge in [-0.15, -0.1) is 0 Å². The number of nitrogens with zero attached hydrogens (tertiary/aromatic N) is 2. The molecule has 1 aliphatic rings. The number of hydrogen-bond donors (Lipinski definition) is 1. The highest BCUT2D eigenvalue weighted by Gasteiger charge is 2.34. The lowest BCUT2D eigenvalue weighted by molar-refractivity contribution is -0.137. The summed E-state index contributed by atoms with van der Waals surface area (Å²) in [4.78, 5) is 14.1. The van der Waals surface area contributed by atoms with Gasteiger partial charge < -0.3 is 5.32 Å². The van der Waals surface area contributed by atoms with E-state index in [1.807, 2.05) is 0 Å². The number of carbonyl (C=O) groups excluding carboxylic acids is 1. The van der Waals surface area contributed by atoms with Gasteiger partial charge in [0.1, 0.15) is 4.90 Å². The SMILES string of the molecule is Cc1cc(Cl)cc(Cl)c1S(=O)(=O)N1CCCN(CC(=O)Nc2ccccc2C(F)(F)F)CC1. The number of hydrogen-bond acceptors (Lipinski definition) is 4. The number of rotatable bonds is 5. The summed E-state index contributed by atoms with van der Waals surface area (Å²) in [6.45, 7) is 2.41. The van der Waals surface area contributed by atoms with Gasteiger partial charge in [0.15, 0.2) is 0 Å². The van der Waals surface area contributed by atoms with Crippen LogP contribution in [0.3, 0.4) is 0 Å². The molecule has 6 nitrogen and oxygen atoms in total. The van der Waals surface area contributed by atoms with Crippen LogP contribution in [0.4, 0.5) is 18.9 Å². The van der Waals surface area contributed by atoms with Crippen LogP contribution in [-0.2, 0) is 21.0 Å². The molecule has 2 aromatic carbocycles. The second-order valence-electron chi connectivity index (χ2n) is 7.66. The van der Waals surface area contributed by atoms with Gasteiger partial charge in [-0.2, -0.15) is 17.5 Å². The molecule has 0 spiro atoms. The standard InChI is InChI=1S/C21H22Cl2F3N3O3S/c1-14-11-15(22)12-17(23)20(14)33(31,32)29-8-4-7-28(9-10-29)13-19(30)27-18-6-3-2-5-16(18)21(24,25)26/h2-3,5-6,11-12H,4,7-10,13H2,1H3,(H,27,30). The second-order valence-corrected chi connectivity index (χ2v) is 10.4. The van der Waals surface area contributed by atoms with E-state index >= 15 is 0 Å². The van der Waals surface area contributed by atoms with Gasteiger partial charge in [-0.05, 0) is 49.7 Å². The minimum Gasteiger partial charge on any atom is -0.324 e. The molecule has 0 saturated carbocycles. The molecule has 1 amide bonds. The zero-order valence-electron chi connectivity index (χ0n) is 17.6. The van der Waals surface area contributed by atoms with E-state index in [9.17, 15) is 26.4 Å². The number of carbonyl (C=O) groups is 1. The average molecular weight is 524 g/mol. The Morgan fingerprint density at radius 2 is 1.79 bits per heavy atom. The number of aryl methyl sites for hydroxylation is 1. The van der Waals surface area contributed by atoms with Crippen molar-refractivity contribution < 1.29 is 26.4 Å². The predicted octanol–water partition coefficient (Wildman–Crippen LogP) is 4.66. The summed E-state index contributed by atoms with van der Waals surface area (Å²) < 4.78 is 67.1. The second kappa shape index (κ2) is 10.2. The Morgan fingerprint density at radius 1 is 1.09 bits per heavy atom. The van der Waals surface area contributed by atoms with Crippen LogP contribution in [-0.4, -0.2) is 56.3 Å². The maximum atomic E-state index is 13.2. The van der Waals surface area contributed by atoms with Gasteiger partial charge in [0, 0.05) is 24.7 Å². The Bertz CT molecular complexity index is 1120. The van der Waals surface area contributed by atoms with E-state index in [0.717, 1.165) is 6.07 Å². The number of amides is 1. The first-order chi connectivity index (χ1) is 15.4. The largest absolute Gasteiger partial charge is 0.418 e. The molecule has 3 rings (SSSR count). The zero-order valence-corrected chi connectivity index (χ0v) is 20.0. The quantitative estimate of drug-likeness (QED) is 0.618. The molecule has 0 atom stereocenters. The highest BCUT2D eigenvalue weighted by Crippen LogP contribution is 2.35. The van der Waals surface area contributed by atoms with Gasteiger partial charge in [0.05, 0.1) is 22.8 Å². The molecule has 0 unspecified atom stereocenters. The van der Waals surface area contributed by atoms with Crippen molar-refractivity contribution in [1.82, 2.24) is 9.21 Å². The van der Waals surface area contributed by atoms with Crippen LogP contribution in [0.1, 0.15) is 17.5 Å². The maximum absolute atomic E-state index is 13.2. The fraction of sp³-hybridized carbons (Fsp3) is 0.381. The zero-order chi connectivity index (χ0) is 24.4. The molecule has 1 saturated heterocycles. The summed E-state index contributed by atoms with van der Waals surface area (Å²) in [5.41, 5.74) is -0.820. The van der Waals surface area contributed by atoms with Crippen molar-refractivity contribution in [2.45, 2.75) is 24.4 Å². The van der Waals surface area contributed by atoms with Crippen LogP contribution in [0.15, 0.2) is 41.3 Å². The summed E-state index contributed by atoms with van der Waals surface area (Å²) in [6.07, 6.45) is -4.15. The third kappa shape index (κ3) is 6.19. The molecule has 0 radical (unpaired) electrons. The number of alkyl halides is 3. The lowest BCUT2D eigenvalue weighted by Crippen LogP contribution is -2.38. The first-order valence-corrected chi connectivity index (χ1v) is 12.2. The van der Waals surface area contributed by atoms with Crippen LogP contribution >= 0.6 is 23.2 Å². The van der Waals surface area contributed by atoms with Crippen molar-refractivity contribution in [3.05, 3.63) is 57.6 Å². The molecule has 1 N–H and O–H groups in total. The van der Waals surface area contributed by atoms with Gasteiger partial charge in [-0.25, -0.2) is 8.42 Å². The minimum absolute atomic E-state index is 0.0106. The third-order valence-electron chi connectivity index (χ3n) is 5.21. The van der Waals surface area contributed by atoms with E-state index in [1.165, 1.54) is 34.6 Å². The molecule has 1 aliphatic heterocycles. The van der Waals surface area contributed by atoms with Crippen molar-refractivity contribution in [2.24, 2.45) is 0 Å². The summed E-state index contributed by atoms with van der Waals surface area (Å²) in [5.74, 6) is -0.611. The Kier molecular flexibility index (Phi) is 7.95. The Labute approximate surface area is 200 Å². The number of anilines is 1. The van der Waals surface area contributed by atoms with Crippen LogP contribution in [0.2, 0.25) is 10.0 Å². The van der Waals surface area contributed by atoms with Crippen molar-refractivity contribution in [3.8, 4) is 0 Å². The molecule has 180 valence electrons. The highest BCUT2D eigenvalue weighted by molar-refractivity contribution is 7.89. The van der Waals surface area contributed by atoms with E-state index in [2.05, 4.69) is 5.32 Å². The molecule has 0 bridgehead atoms. The van der Waals surface area contributed by atoms with E-state index in [1.54, 1.807) is 11.8 Å². The van der Waals surface area contributed by atoms with Gasteiger partial charge in [-0.3, -0.25) is 9.69 Å². The minimum atomic E-state index is -4.59. The third-order valence-corrected chi connectivity index (χ3v) is 7.94. The van der Waals surface area contributed by atoms with Crippen LogP contribution < -0.4 is 5.32 Å². The van der Waals surface area contributed by atoms with Crippen LogP contribution in [0.25, 0.3) is 0 Å². The normalized spacial score (nSPS) is 16.4. The topological polar surface area (TPSA) is 69.7 Å². The van der Waals surface area contributed by atoms with Crippen LogP contribution in [0, 0.1) is 6.92 Å². The first kappa shape index (κ1) is 25.8. The summed E-state index contributed by atoms with van der Waals surface area (Å²) in [5, 5.41) is 2.67. The van der Waals surface area contributed by atoms with Crippen molar-refractivity contribution in [1.29, 1.82) is 0 Å². The molecule has 33 heavy (non-hydrogen) atoms. The smallest absolute Gasteiger partial charge is 0.324 e. The van der Waals surface area contributed by atoms with Crippen molar-refractivity contribution in [2.75, 3.05) is 38.0 Å². The lowest BCUT2D eigenvalue weighted by atomic mass is 10.1. The monoisotopic (exact) mass is 523 g/mol. The van der Waals surface area contributed by atoms with Crippen molar-refractivity contribution >= 4 is 44.8 Å². The van der Waals surface area contributed by atoms with Crippen molar-refractivity contribution in [3.63, 3.8) is 0 Å². The molecule has 0 aromatic heterocycles. The van der Waals surface area contributed by atoms with Gasteiger partial charge in [0.2, 0.25) is 15.9 Å². The number of para-hydroxylation sites is 1. The summed E-state index contributed by atoms with van der Waals surface area (Å²) >= 11 is 12.1. The number of nitrogens with one attached hydrogen (secondary N) is 1. The highest BCUT2D eigenvalue weighted by atomic mass is 35.5. The molecular formula is C21H22Cl2F3N3O3S. The van der Waals surface area contributed by atoms with Gasteiger partial charge >= 0.3 is 6.18 Å². The Balaban J connectivity index is 1.67. The Hall–Kier alpha value is -1.85. The summed E-state index contributed by atoms with van der Waals surface area (Å²) in [7, 11) is -3.90. The molecule has 2 aromatic rings.